The van der Waals surface area contributed by atoms with Gasteiger partial charge in [0.25, 0.3) is 5.91 Å². The molecule has 2 aliphatic heterocycles. The van der Waals surface area contributed by atoms with Crippen LogP contribution in [0.4, 0.5) is 11.4 Å². The van der Waals surface area contributed by atoms with Crippen LogP contribution in [0.1, 0.15) is 23.2 Å². The number of carbonyl (C=O) groups is 1. The molecule has 0 aromatic heterocycles. The van der Waals surface area contributed by atoms with Gasteiger partial charge in [-0.15, -0.1) is 0 Å². The molecule has 2 saturated heterocycles. The number of carbonyl (C=O) groups excluding carboxylic acids is 1. The van der Waals surface area contributed by atoms with Crippen LogP contribution in [0.3, 0.4) is 0 Å². The number of hydrogen-bond acceptors (Lipinski definition) is 4. The molecule has 2 aliphatic rings. The van der Waals surface area contributed by atoms with E-state index in [9.17, 15) is 4.79 Å². The molecule has 5 heteroatoms. The fourth-order valence-electron chi connectivity index (χ4n) is 3.24. The first-order valence-corrected chi connectivity index (χ1v) is 6.83. The molecule has 3 rings (SSSR count). The highest BCUT2D eigenvalue weighted by atomic mass is 16.1. The van der Waals surface area contributed by atoms with Gasteiger partial charge < -0.3 is 16.4 Å². The SMILES string of the molecule is NC(=O)c1cc(N)ccc1N1CCN2CCCC2C1. The van der Waals surface area contributed by atoms with Gasteiger partial charge in [0, 0.05) is 37.1 Å². The Labute approximate surface area is 113 Å². The molecular formula is C14H20N4O. The van der Waals surface area contributed by atoms with Gasteiger partial charge >= 0.3 is 0 Å². The van der Waals surface area contributed by atoms with Gasteiger partial charge in [0.15, 0.2) is 0 Å². The summed E-state index contributed by atoms with van der Waals surface area (Å²) in [7, 11) is 0. The maximum atomic E-state index is 11.6. The highest BCUT2D eigenvalue weighted by Gasteiger charge is 2.31. The summed E-state index contributed by atoms with van der Waals surface area (Å²) in [5, 5.41) is 0. The van der Waals surface area contributed by atoms with Crippen LogP contribution in [0.2, 0.25) is 0 Å². The highest BCUT2D eigenvalue weighted by molar-refractivity contribution is 5.99. The number of primary amides is 1. The Kier molecular flexibility index (Phi) is 3.06. The molecule has 0 saturated carbocycles. The second kappa shape index (κ2) is 4.74. The van der Waals surface area contributed by atoms with Crippen molar-refractivity contribution >= 4 is 17.3 Å². The van der Waals surface area contributed by atoms with Gasteiger partial charge in [0.1, 0.15) is 0 Å². The van der Waals surface area contributed by atoms with Crippen LogP contribution >= 0.6 is 0 Å². The molecule has 0 spiro atoms. The Morgan fingerprint density at radius 1 is 1.26 bits per heavy atom. The van der Waals surface area contributed by atoms with Gasteiger partial charge in [-0.3, -0.25) is 9.69 Å². The highest BCUT2D eigenvalue weighted by Crippen LogP contribution is 2.28. The molecule has 5 nitrogen and oxygen atoms in total. The minimum atomic E-state index is -0.406. The lowest BCUT2D eigenvalue weighted by Gasteiger charge is -2.39. The van der Waals surface area contributed by atoms with E-state index in [1.54, 1.807) is 6.07 Å². The minimum absolute atomic E-state index is 0.406. The Morgan fingerprint density at radius 2 is 2.11 bits per heavy atom. The molecule has 0 aliphatic carbocycles. The van der Waals surface area contributed by atoms with Crippen molar-refractivity contribution in [3.8, 4) is 0 Å². The average Bonchev–Trinajstić information content (AvgIpc) is 2.85. The van der Waals surface area contributed by atoms with Gasteiger partial charge in [-0.1, -0.05) is 0 Å². The summed E-state index contributed by atoms with van der Waals surface area (Å²) in [6.45, 7) is 4.20. The Balaban J connectivity index is 1.87. The van der Waals surface area contributed by atoms with Crippen molar-refractivity contribution < 1.29 is 4.79 Å². The second-order valence-electron chi connectivity index (χ2n) is 5.42. The van der Waals surface area contributed by atoms with E-state index in [0.717, 1.165) is 25.3 Å². The maximum absolute atomic E-state index is 11.6. The molecule has 2 heterocycles. The number of amides is 1. The van der Waals surface area contributed by atoms with E-state index in [1.807, 2.05) is 12.1 Å². The number of hydrogen-bond donors (Lipinski definition) is 2. The molecular weight excluding hydrogens is 240 g/mol. The number of nitrogens with zero attached hydrogens (tertiary/aromatic N) is 2. The number of anilines is 2. The van der Waals surface area contributed by atoms with E-state index in [0.29, 0.717) is 17.3 Å². The van der Waals surface area contributed by atoms with Crippen molar-refractivity contribution in [1.29, 1.82) is 0 Å². The Bertz CT molecular complexity index is 502. The summed E-state index contributed by atoms with van der Waals surface area (Å²) in [6, 6.07) is 6.05. The number of fused-ring (bicyclic) bond motifs is 1. The molecule has 0 radical (unpaired) electrons. The average molecular weight is 260 g/mol. The molecule has 1 atom stereocenters. The normalized spacial score (nSPS) is 23.4. The molecule has 2 fully saturated rings. The van der Waals surface area contributed by atoms with Crippen LogP contribution in [0.15, 0.2) is 18.2 Å². The Morgan fingerprint density at radius 3 is 2.89 bits per heavy atom. The topological polar surface area (TPSA) is 75.6 Å². The number of benzene rings is 1. The molecule has 1 aromatic carbocycles. The van der Waals surface area contributed by atoms with Crippen LogP contribution in [0.25, 0.3) is 0 Å². The molecule has 0 bridgehead atoms. The fourth-order valence-corrected chi connectivity index (χ4v) is 3.24. The predicted molar refractivity (Wildman–Crippen MR) is 76.2 cm³/mol. The molecule has 1 unspecified atom stereocenters. The number of nitrogens with two attached hydrogens (primary N) is 2. The van der Waals surface area contributed by atoms with Crippen molar-refractivity contribution in [1.82, 2.24) is 4.90 Å². The van der Waals surface area contributed by atoms with E-state index in [1.165, 1.54) is 19.4 Å². The lowest BCUT2D eigenvalue weighted by atomic mass is 10.1. The maximum Gasteiger partial charge on any atom is 0.250 e. The van der Waals surface area contributed by atoms with Crippen molar-refractivity contribution in [2.75, 3.05) is 36.8 Å². The van der Waals surface area contributed by atoms with Gasteiger partial charge in [-0.2, -0.15) is 0 Å². The molecule has 1 amide bonds. The zero-order valence-electron chi connectivity index (χ0n) is 11.0. The van der Waals surface area contributed by atoms with Crippen molar-refractivity contribution in [3.63, 3.8) is 0 Å². The number of nitrogen functional groups attached to an aromatic ring is 1. The van der Waals surface area contributed by atoms with E-state index < -0.39 is 5.91 Å². The van der Waals surface area contributed by atoms with Crippen LogP contribution < -0.4 is 16.4 Å². The zero-order chi connectivity index (χ0) is 13.4. The van der Waals surface area contributed by atoms with Gasteiger partial charge in [-0.05, 0) is 37.6 Å². The van der Waals surface area contributed by atoms with Gasteiger partial charge in [0.2, 0.25) is 0 Å². The first kappa shape index (κ1) is 12.3. The third-order valence-corrected chi connectivity index (χ3v) is 4.21. The monoisotopic (exact) mass is 260 g/mol. The zero-order valence-corrected chi connectivity index (χ0v) is 11.0. The molecule has 19 heavy (non-hydrogen) atoms. The smallest absolute Gasteiger partial charge is 0.250 e. The largest absolute Gasteiger partial charge is 0.399 e. The standard InChI is InChI=1S/C14H20N4O/c15-10-3-4-13(12(8-10)14(16)19)18-7-6-17-5-1-2-11(17)9-18/h3-4,8,11H,1-2,5-7,9,15H2,(H2,16,19). The lowest BCUT2D eigenvalue weighted by Crippen LogP contribution is -2.50. The van der Waals surface area contributed by atoms with E-state index in [-0.39, 0.29) is 0 Å². The van der Waals surface area contributed by atoms with Crippen LogP contribution in [0, 0.1) is 0 Å². The first-order valence-electron chi connectivity index (χ1n) is 6.83. The van der Waals surface area contributed by atoms with Crippen molar-refractivity contribution in [2.45, 2.75) is 18.9 Å². The predicted octanol–water partition coefficient (Wildman–Crippen LogP) is 0.652. The summed E-state index contributed by atoms with van der Waals surface area (Å²) < 4.78 is 0. The summed E-state index contributed by atoms with van der Waals surface area (Å²) in [5.41, 5.74) is 13.2. The lowest BCUT2D eigenvalue weighted by molar-refractivity contribution is 0.100. The van der Waals surface area contributed by atoms with E-state index in [2.05, 4.69) is 9.80 Å². The summed E-state index contributed by atoms with van der Waals surface area (Å²) in [6.07, 6.45) is 2.53. The fraction of sp³-hybridized carbons (Fsp3) is 0.500. The van der Waals surface area contributed by atoms with Crippen LogP contribution in [-0.2, 0) is 0 Å². The van der Waals surface area contributed by atoms with Crippen LogP contribution in [-0.4, -0.2) is 43.0 Å². The van der Waals surface area contributed by atoms with Gasteiger partial charge in [0.05, 0.1) is 5.56 Å². The third-order valence-electron chi connectivity index (χ3n) is 4.21. The molecule has 1 aromatic rings. The van der Waals surface area contributed by atoms with E-state index >= 15 is 0 Å². The molecule has 102 valence electrons. The van der Waals surface area contributed by atoms with Crippen LogP contribution in [0.5, 0.6) is 0 Å². The molecule has 4 N–H and O–H groups in total. The third kappa shape index (κ3) is 2.26. The Hall–Kier alpha value is -1.75. The number of piperazine rings is 1. The second-order valence-corrected chi connectivity index (χ2v) is 5.42. The van der Waals surface area contributed by atoms with Crippen molar-refractivity contribution in [3.05, 3.63) is 23.8 Å². The quantitative estimate of drug-likeness (QED) is 0.766. The number of rotatable bonds is 2. The summed E-state index contributed by atoms with van der Waals surface area (Å²) in [5.74, 6) is -0.406. The van der Waals surface area contributed by atoms with Gasteiger partial charge in [-0.25, -0.2) is 0 Å². The minimum Gasteiger partial charge on any atom is -0.399 e. The summed E-state index contributed by atoms with van der Waals surface area (Å²) in [4.78, 5) is 16.4. The summed E-state index contributed by atoms with van der Waals surface area (Å²) >= 11 is 0. The first-order chi connectivity index (χ1) is 9.15. The van der Waals surface area contributed by atoms with Crippen molar-refractivity contribution in [2.24, 2.45) is 5.73 Å². The van der Waals surface area contributed by atoms with E-state index in [4.69, 9.17) is 11.5 Å².